The van der Waals surface area contributed by atoms with Crippen LogP contribution in [0.1, 0.15) is 11.1 Å². The van der Waals surface area contributed by atoms with Crippen molar-refractivity contribution in [3.8, 4) is 5.75 Å². The topological polar surface area (TPSA) is 56.1 Å². The van der Waals surface area contributed by atoms with E-state index >= 15 is 0 Å². The summed E-state index contributed by atoms with van der Waals surface area (Å²) in [7, 11) is 1.98. The molecule has 5 heteroatoms. The number of hydrogen-bond acceptors (Lipinski definition) is 3. The van der Waals surface area contributed by atoms with Gasteiger partial charge in [-0.1, -0.05) is 18.2 Å². The van der Waals surface area contributed by atoms with Crippen LogP contribution in [-0.4, -0.2) is 28.6 Å². The van der Waals surface area contributed by atoms with Crippen molar-refractivity contribution in [2.45, 2.75) is 13.3 Å². The first-order chi connectivity index (χ1) is 11.6. The van der Waals surface area contributed by atoms with Crippen LogP contribution in [0.2, 0.25) is 0 Å². The second-order valence-electron chi connectivity index (χ2n) is 5.88. The molecule has 0 radical (unpaired) electrons. The number of fused-ring (bicyclic) bond motifs is 1. The summed E-state index contributed by atoms with van der Waals surface area (Å²) < 4.78 is 7.48. The number of ether oxygens (including phenoxy) is 1. The molecule has 0 fully saturated rings. The number of rotatable bonds is 6. The SMILES string of the molecule is Cc1cccc(OCC(=O)NCCc2ccc3c(c2)ncn3C)c1. The normalized spacial score (nSPS) is 10.8. The number of hydrogen-bond donors (Lipinski definition) is 1. The van der Waals surface area contributed by atoms with E-state index in [0.29, 0.717) is 12.3 Å². The van der Waals surface area contributed by atoms with Crippen molar-refractivity contribution in [2.24, 2.45) is 7.05 Å². The molecule has 0 saturated carbocycles. The van der Waals surface area contributed by atoms with E-state index in [1.807, 2.05) is 42.8 Å². The van der Waals surface area contributed by atoms with Crippen molar-refractivity contribution < 1.29 is 9.53 Å². The lowest BCUT2D eigenvalue weighted by atomic mass is 10.1. The van der Waals surface area contributed by atoms with E-state index < -0.39 is 0 Å². The van der Waals surface area contributed by atoms with E-state index in [1.165, 1.54) is 0 Å². The van der Waals surface area contributed by atoms with Crippen molar-refractivity contribution in [2.75, 3.05) is 13.2 Å². The summed E-state index contributed by atoms with van der Waals surface area (Å²) in [6.07, 6.45) is 2.57. The number of imidazole rings is 1. The fourth-order valence-electron chi connectivity index (χ4n) is 2.59. The van der Waals surface area contributed by atoms with E-state index in [4.69, 9.17) is 4.74 Å². The number of aromatic nitrogens is 2. The van der Waals surface area contributed by atoms with Crippen molar-refractivity contribution in [3.63, 3.8) is 0 Å². The maximum atomic E-state index is 11.9. The van der Waals surface area contributed by atoms with Gasteiger partial charge in [0, 0.05) is 13.6 Å². The lowest BCUT2D eigenvalue weighted by Gasteiger charge is -2.08. The molecule has 1 amide bonds. The molecule has 24 heavy (non-hydrogen) atoms. The first-order valence-electron chi connectivity index (χ1n) is 7.98. The molecule has 0 aliphatic rings. The predicted octanol–water partition coefficient (Wildman–Crippen LogP) is 2.62. The second-order valence-corrected chi connectivity index (χ2v) is 5.88. The predicted molar refractivity (Wildman–Crippen MR) is 94.1 cm³/mol. The monoisotopic (exact) mass is 323 g/mol. The fourth-order valence-corrected chi connectivity index (χ4v) is 2.59. The Labute approximate surface area is 141 Å². The van der Waals surface area contributed by atoms with Gasteiger partial charge in [-0.05, 0) is 48.7 Å². The first kappa shape index (κ1) is 16.1. The number of carbonyl (C=O) groups is 1. The summed E-state index contributed by atoms with van der Waals surface area (Å²) in [5.41, 5.74) is 4.34. The number of benzene rings is 2. The molecule has 0 aliphatic carbocycles. The fraction of sp³-hybridized carbons (Fsp3) is 0.263. The van der Waals surface area contributed by atoms with Crippen LogP contribution in [0.25, 0.3) is 11.0 Å². The van der Waals surface area contributed by atoms with E-state index in [-0.39, 0.29) is 12.5 Å². The minimum Gasteiger partial charge on any atom is -0.484 e. The van der Waals surface area contributed by atoms with Gasteiger partial charge in [-0.15, -0.1) is 0 Å². The largest absolute Gasteiger partial charge is 0.484 e. The molecule has 0 spiro atoms. The van der Waals surface area contributed by atoms with Gasteiger partial charge < -0.3 is 14.6 Å². The summed E-state index contributed by atoms with van der Waals surface area (Å²) in [5, 5.41) is 2.88. The zero-order valence-electron chi connectivity index (χ0n) is 14.0. The van der Waals surface area contributed by atoms with E-state index in [1.54, 1.807) is 6.33 Å². The van der Waals surface area contributed by atoms with Crippen molar-refractivity contribution in [1.29, 1.82) is 0 Å². The average Bonchev–Trinajstić information content (AvgIpc) is 2.94. The quantitative estimate of drug-likeness (QED) is 0.759. The van der Waals surface area contributed by atoms with Gasteiger partial charge in [0.2, 0.25) is 0 Å². The summed E-state index contributed by atoms with van der Waals surface area (Å²) in [6.45, 7) is 2.60. The Morgan fingerprint density at radius 2 is 2.12 bits per heavy atom. The molecule has 124 valence electrons. The molecule has 1 N–H and O–H groups in total. The lowest BCUT2D eigenvalue weighted by Crippen LogP contribution is -2.30. The lowest BCUT2D eigenvalue weighted by molar-refractivity contribution is -0.123. The average molecular weight is 323 g/mol. The number of aryl methyl sites for hydroxylation is 2. The molecule has 0 atom stereocenters. The minimum absolute atomic E-state index is 0.0305. The van der Waals surface area contributed by atoms with Gasteiger partial charge in [0.1, 0.15) is 5.75 Å². The van der Waals surface area contributed by atoms with Gasteiger partial charge in [-0.3, -0.25) is 4.79 Å². The van der Waals surface area contributed by atoms with Crippen molar-refractivity contribution in [3.05, 3.63) is 59.9 Å². The van der Waals surface area contributed by atoms with Gasteiger partial charge in [0.25, 0.3) is 5.91 Å². The van der Waals surface area contributed by atoms with Gasteiger partial charge in [-0.25, -0.2) is 4.98 Å². The Hall–Kier alpha value is -2.82. The number of carbonyl (C=O) groups excluding carboxylic acids is 1. The molecule has 5 nitrogen and oxygen atoms in total. The van der Waals surface area contributed by atoms with Gasteiger partial charge in [-0.2, -0.15) is 0 Å². The van der Waals surface area contributed by atoms with Crippen LogP contribution >= 0.6 is 0 Å². The van der Waals surface area contributed by atoms with Crippen LogP contribution in [0.5, 0.6) is 5.75 Å². The molecule has 0 unspecified atom stereocenters. The molecule has 0 aliphatic heterocycles. The van der Waals surface area contributed by atoms with E-state index in [9.17, 15) is 4.79 Å². The smallest absolute Gasteiger partial charge is 0.257 e. The third kappa shape index (κ3) is 3.93. The van der Waals surface area contributed by atoms with E-state index in [0.717, 1.165) is 28.6 Å². The standard InChI is InChI=1S/C19H21N3O2/c1-14-4-3-5-16(10-14)24-12-19(23)20-9-8-15-6-7-18-17(11-15)21-13-22(18)2/h3-7,10-11,13H,8-9,12H2,1-2H3,(H,20,23). The molecule has 3 rings (SSSR count). The zero-order chi connectivity index (χ0) is 16.9. The van der Waals surface area contributed by atoms with Crippen LogP contribution in [-0.2, 0) is 18.3 Å². The van der Waals surface area contributed by atoms with Crippen LogP contribution in [0, 0.1) is 6.92 Å². The maximum Gasteiger partial charge on any atom is 0.257 e. The highest BCUT2D eigenvalue weighted by Crippen LogP contribution is 2.14. The number of nitrogens with one attached hydrogen (secondary N) is 1. The van der Waals surface area contributed by atoms with Crippen LogP contribution in [0.4, 0.5) is 0 Å². The Bertz CT molecular complexity index is 855. The van der Waals surface area contributed by atoms with E-state index in [2.05, 4.69) is 28.5 Å². The highest BCUT2D eigenvalue weighted by molar-refractivity contribution is 5.78. The molecular formula is C19H21N3O2. The maximum absolute atomic E-state index is 11.9. The molecular weight excluding hydrogens is 302 g/mol. The van der Waals surface area contributed by atoms with Crippen LogP contribution < -0.4 is 10.1 Å². The molecule has 2 aromatic carbocycles. The minimum atomic E-state index is -0.115. The number of amides is 1. The molecule has 0 saturated heterocycles. The van der Waals surface area contributed by atoms with Crippen molar-refractivity contribution >= 4 is 16.9 Å². The highest BCUT2D eigenvalue weighted by atomic mass is 16.5. The van der Waals surface area contributed by atoms with Gasteiger partial charge in [0.15, 0.2) is 6.61 Å². The van der Waals surface area contributed by atoms with Crippen LogP contribution in [0.15, 0.2) is 48.8 Å². The van der Waals surface area contributed by atoms with Gasteiger partial charge >= 0.3 is 0 Å². The zero-order valence-corrected chi connectivity index (χ0v) is 14.0. The number of nitrogens with zero attached hydrogens (tertiary/aromatic N) is 2. The van der Waals surface area contributed by atoms with Crippen LogP contribution in [0.3, 0.4) is 0 Å². The van der Waals surface area contributed by atoms with Gasteiger partial charge in [0.05, 0.1) is 17.4 Å². The third-order valence-electron chi connectivity index (χ3n) is 3.89. The Morgan fingerprint density at radius 1 is 1.25 bits per heavy atom. The second kappa shape index (κ2) is 7.17. The Morgan fingerprint density at radius 3 is 2.96 bits per heavy atom. The molecule has 3 aromatic rings. The Balaban J connectivity index is 1.45. The van der Waals surface area contributed by atoms with Crippen molar-refractivity contribution in [1.82, 2.24) is 14.9 Å². The summed E-state index contributed by atoms with van der Waals surface area (Å²) in [4.78, 5) is 16.2. The third-order valence-corrected chi connectivity index (χ3v) is 3.89. The summed E-state index contributed by atoms with van der Waals surface area (Å²) >= 11 is 0. The molecule has 0 bridgehead atoms. The molecule has 1 heterocycles. The summed E-state index contributed by atoms with van der Waals surface area (Å²) in [5.74, 6) is 0.598. The highest BCUT2D eigenvalue weighted by Gasteiger charge is 2.04. The Kier molecular flexibility index (Phi) is 4.79. The molecule has 1 aromatic heterocycles. The summed E-state index contributed by atoms with van der Waals surface area (Å²) in [6, 6.07) is 13.9. The first-order valence-corrected chi connectivity index (χ1v) is 7.98.